The fourth-order valence-electron chi connectivity index (χ4n) is 3.72. The highest BCUT2D eigenvalue weighted by Crippen LogP contribution is 2.29. The summed E-state index contributed by atoms with van der Waals surface area (Å²) in [5, 5.41) is 9.24. The molecule has 1 atom stereocenters. The van der Waals surface area contributed by atoms with Crippen LogP contribution >= 0.6 is 11.8 Å². The number of thioether (sulfide) groups is 1. The monoisotopic (exact) mass is 413 g/mol. The van der Waals surface area contributed by atoms with Crippen molar-refractivity contribution in [3.8, 4) is 0 Å². The Balaban J connectivity index is 1.34. The number of hydrogen-bond acceptors (Lipinski definition) is 4. The molecule has 0 saturated heterocycles. The highest BCUT2D eigenvalue weighted by molar-refractivity contribution is 7.98. The maximum Gasteiger partial charge on any atom is 0.251 e. The average Bonchev–Trinajstić information content (AvgIpc) is 3.22. The van der Waals surface area contributed by atoms with Crippen molar-refractivity contribution in [2.75, 3.05) is 16.4 Å². The first-order valence-electron chi connectivity index (χ1n) is 9.93. The lowest BCUT2D eigenvalue weighted by atomic mass is 10.1. The topological polar surface area (TPSA) is 70.2 Å². The number of halogens is 1. The van der Waals surface area contributed by atoms with Crippen molar-refractivity contribution in [1.82, 2.24) is 5.32 Å². The highest BCUT2D eigenvalue weighted by atomic mass is 32.2. The predicted molar refractivity (Wildman–Crippen MR) is 115 cm³/mol. The summed E-state index contributed by atoms with van der Waals surface area (Å²) < 4.78 is 13.0. The molecule has 1 aliphatic carbocycles. The molecule has 0 aromatic heterocycles. The predicted octanol–water partition coefficient (Wildman–Crippen LogP) is 4.16. The van der Waals surface area contributed by atoms with Crippen LogP contribution in [-0.4, -0.2) is 29.7 Å². The van der Waals surface area contributed by atoms with Gasteiger partial charge in [0.05, 0.1) is 11.4 Å². The zero-order valence-corrected chi connectivity index (χ0v) is 16.9. The summed E-state index contributed by atoms with van der Waals surface area (Å²) in [6.45, 7) is 0. The minimum Gasteiger partial charge on any atom is -0.371 e. The number of benzene rings is 2. The molecule has 2 aromatic rings. The summed E-state index contributed by atoms with van der Waals surface area (Å²) >= 11 is 1.61. The smallest absolute Gasteiger partial charge is 0.251 e. The van der Waals surface area contributed by atoms with Gasteiger partial charge >= 0.3 is 0 Å². The van der Waals surface area contributed by atoms with Gasteiger partial charge in [0.15, 0.2) is 0 Å². The van der Waals surface area contributed by atoms with E-state index in [0.717, 1.165) is 36.9 Å². The number of fused-ring (bicyclic) bond motifs is 1. The molecule has 1 saturated carbocycles. The second-order valence-electron chi connectivity index (χ2n) is 7.54. The molecule has 5 nitrogen and oxygen atoms in total. The Morgan fingerprint density at radius 1 is 1.10 bits per heavy atom. The second kappa shape index (κ2) is 8.86. The molecule has 1 fully saturated rings. The van der Waals surface area contributed by atoms with Crippen molar-refractivity contribution in [3.63, 3.8) is 0 Å². The first-order chi connectivity index (χ1) is 14.1. The van der Waals surface area contributed by atoms with Gasteiger partial charge in [-0.25, -0.2) is 4.39 Å². The Kier molecular flexibility index (Phi) is 6.04. The SMILES string of the molecule is O=C(NC1CCCC1)c1ccc2c(c1)NC(=O)C(CSCc1ccc(F)cc1)N2. The third-order valence-corrected chi connectivity index (χ3v) is 6.45. The van der Waals surface area contributed by atoms with Gasteiger partial charge in [0, 0.05) is 23.1 Å². The van der Waals surface area contributed by atoms with Crippen LogP contribution in [0.3, 0.4) is 0 Å². The molecule has 4 rings (SSSR count). The molecule has 7 heteroatoms. The van der Waals surface area contributed by atoms with Gasteiger partial charge in [0.1, 0.15) is 11.9 Å². The van der Waals surface area contributed by atoms with Gasteiger partial charge < -0.3 is 16.0 Å². The highest BCUT2D eigenvalue weighted by Gasteiger charge is 2.26. The van der Waals surface area contributed by atoms with E-state index in [1.54, 1.807) is 36.0 Å². The van der Waals surface area contributed by atoms with Gasteiger partial charge in [0.2, 0.25) is 5.91 Å². The van der Waals surface area contributed by atoms with E-state index in [0.29, 0.717) is 22.8 Å². The first kappa shape index (κ1) is 19.8. The molecule has 1 aliphatic heterocycles. The van der Waals surface area contributed by atoms with E-state index >= 15 is 0 Å². The fraction of sp³-hybridized carbons (Fsp3) is 0.364. The summed E-state index contributed by atoms with van der Waals surface area (Å²) in [6, 6.07) is 11.7. The van der Waals surface area contributed by atoms with Crippen molar-refractivity contribution < 1.29 is 14.0 Å². The zero-order valence-electron chi connectivity index (χ0n) is 16.0. The summed E-state index contributed by atoms with van der Waals surface area (Å²) in [6.07, 6.45) is 4.39. The van der Waals surface area contributed by atoms with Crippen molar-refractivity contribution in [2.45, 2.75) is 43.5 Å². The van der Waals surface area contributed by atoms with Gasteiger partial charge in [0.25, 0.3) is 5.91 Å². The molecule has 1 heterocycles. The number of rotatable bonds is 6. The molecule has 152 valence electrons. The van der Waals surface area contributed by atoms with Crippen LogP contribution < -0.4 is 16.0 Å². The molecular weight excluding hydrogens is 389 g/mol. The second-order valence-corrected chi connectivity index (χ2v) is 8.57. The summed E-state index contributed by atoms with van der Waals surface area (Å²) in [5.74, 6) is 0.842. The molecule has 2 aromatic carbocycles. The maximum atomic E-state index is 13.0. The van der Waals surface area contributed by atoms with E-state index in [9.17, 15) is 14.0 Å². The van der Waals surface area contributed by atoms with E-state index in [4.69, 9.17) is 0 Å². The van der Waals surface area contributed by atoms with Crippen LogP contribution in [0, 0.1) is 5.82 Å². The number of amides is 2. The summed E-state index contributed by atoms with van der Waals surface area (Å²) in [5.41, 5.74) is 3.02. The Bertz CT molecular complexity index is 897. The molecular formula is C22H24FN3O2S. The molecule has 29 heavy (non-hydrogen) atoms. The molecule has 1 unspecified atom stereocenters. The van der Waals surface area contributed by atoms with E-state index < -0.39 is 0 Å². The lowest BCUT2D eigenvalue weighted by Gasteiger charge is -2.27. The molecule has 0 bridgehead atoms. The van der Waals surface area contributed by atoms with Crippen LogP contribution in [-0.2, 0) is 10.5 Å². The third kappa shape index (κ3) is 4.90. The number of carbonyl (C=O) groups excluding carboxylic acids is 2. The molecule has 2 amide bonds. The quantitative estimate of drug-likeness (QED) is 0.665. The maximum absolute atomic E-state index is 13.0. The van der Waals surface area contributed by atoms with Crippen LogP contribution in [0.5, 0.6) is 0 Å². The summed E-state index contributed by atoms with van der Waals surface area (Å²) in [4.78, 5) is 24.9. The van der Waals surface area contributed by atoms with Crippen molar-refractivity contribution in [3.05, 3.63) is 59.4 Å². The van der Waals surface area contributed by atoms with Gasteiger partial charge in [-0.05, 0) is 48.7 Å². The number of hydrogen-bond donors (Lipinski definition) is 3. The van der Waals surface area contributed by atoms with E-state index in [1.165, 1.54) is 12.1 Å². The van der Waals surface area contributed by atoms with Crippen LogP contribution in [0.15, 0.2) is 42.5 Å². The van der Waals surface area contributed by atoms with Crippen molar-refractivity contribution in [1.29, 1.82) is 0 Å². The van der Waals surface area contributed by atoms with Crippen molar-refractivity contribution in [2.24, 2.45) is 0 Å². The minimum absolute atomic E-state index is 0.0917. The van der Waals surface area contributed by atoms with E-state index in [2.05, 4.69) is 16.0 Å². The Hall–Kier alpha value is -2.54. The number of carbonyl (C=O) groups is 2. The van der Waals surface area contributed by atoms with Crippen LogP contribution in [0.4, 0.5) is 15.8 Å². The standard InChI is InChI=1S/C22H24FN3O2S/c23-16-8-5-14(6-9-16)12-29-13-20-22(28)26-19-11-15(7-10-18(19)25-20)21(27)24-17-3-1-2-4-17/h5-11,17,20,25H,1-4,12-13H2,(H,24,27)(H,26,28). The molecule has 2 aliphatic rings. The average molecular weight is 414 g/mol. The number of anilines is 2. The molecule has 0 spiro atoms. The van der Waals surface area contributed by atoms with Crippen LogP contribution in [0.25, 0.3) is 0 Å². The largest absolute Gasteiger partial charge is 0.371 e. The fourth-order valence-corrected chi connectivity index (χ4v) is 4.74. The Morgan fingerprint density at radius 2 is 1.86 bits per heavy atom. The molecule has 3 N–H and O–H groups in total. The van der Waals surface area contributed by atoms with Gasteiger partial charge in [-0.15, -0.1) is 0 Å². The van der Waals surface area contributed by atoms with Gasteiger partial charge in [-0.3, -0.25) is 9.59 Å². The normalized spacial score (nSPS) is 18.7. The Labute approximate surface area is 173 Å². The Morgan fingerprint density at radius 3 is 2.62 bits per heavy atom. The van der Waals surface area contributed by atoms with Crippen molar-refractivity contribution >= 4 is 35.0 Å². The molecule has 0 radical (unpaired) electrons. The summed E-state index contributed by atoms with van der Waals surface area (Å²) in [7, 11) is 0. The van der Waals surface area contributed by atoms with E-state index in [1.807, 2.05) is 6.07 Å². The number of nitrogens with one attached hydrogen (secondary N) is 3. The lowest BCUT2D eigenvalue weighted by molar-refractivity contribution is -0.116. The van der Waals surface area contributed by atoms with Crippen LogP contribution in [0.2, 0.25) is 0 Å². The van der Waals surface area contributed by atoms with Gasteiger partial charge in [-0.1, -0.05) is 25.0 Å². The van der Waals surface area contributed by atoms with Crippen LogP contribution in [0.1, 0.15) is 41.6 Å². The minimum atomic E-state index is -0.355. The zero-order chi connectivity index (χ0) is 20.2. The van der Waals surface area contributed by atoms with E-state index in [-0.39, 0.29) is 29.7 Å². The van der Waals surface area contributed by atoms with Gasteiger partial charge in [-0.2, -0.15) is 11.8 Å². The first-order valence-corrected chi connectivity index (χ1v) is 11.1. The lowest BCUT2D eigenvalue weighted by Crippen LogP contribution is -2.41. The third-order valence-electron chi connectivity index (χ3n) is 5.34.